The molecule has 2 rings (SSSR count). The molecule has 0 heterocycles. The van der Waals surface area contributed by atoms with Crippen molar-refractivity contribution in [2.45, 2.75) is 13.8 Å². The molecular weight excluding hydrogens is 310 g/mol. The van der Waals surface area contributed by atoms with E-state index in [1.165, 1.54) is 12.3 Å². The zero-order valence-electron chi connectivity index (χ0n) is 13.4. The molecule has 7 nitrogen and oxygen atoms in total. The number of ether oxygens (including phenoxy) is 1. The fraction of sp³-hybridized carbons (Fsp3) is 0.176. The summed E-state index contributed by atoms with van der Waals surface area (Å²) >= 11 is 0. The first kappa shape index (κ1) is 17.1. The highest BCUT2D eigenvalue weighted by Crippen LogP contribution is 2.16. The number of rotatable bonds is 6. The molecule has 1 amide bonds. The average Bonchev–Trinajstić information content (AvgIpc) is 2.56. The number of carbonyl (C=O) groups excluding carboxylic acids is 1. The van der Waals surface area contributed by atoms with Crippen molar-refractivity contribution in [3.05, 3.63) is 69.3 Å². The zero-order chi connectivity index (χ0) is 17.5. The number of nitro groups is 1. The standard InChI is InChI=1S/C17H17N3O4/c1-12-7-8-15(9-13(12)2)24-11-17(21)19-18-10-14-5-3-4-6-16(14)20(22)23/h3-10H,11H2,1-2H3,(H,19,21)/b18-10+. The normalized spacial score (nSPS) is 10.6. The highest BCUT2D eigenvalue weighted by atomic mass is 16.6. The van der Waals surface area contributed by atoms with Gasteiger partial charge in [-0.25, -0.2) is 5.43 Å². The Bertz CT molecular complexity index is 787. The summed E-state index contributed by atoms with van der Waals surface area (Å²) in [6.45, 7) is 3.75. The number of nitro benzene ring substituents is 1. The molecule has 0 aliphatic carbocycles. The summed E-state index contributed by atoms with van der Waals surface area (Å²) in [6, 6.07) is 11.7. The third-order valence-corrected chi connectivity index (χ3v) is 3.37. The number of nitrogens with one attached hydrogen (secondary N) is 1. The van der Waals surface area contributed by atoms with Crippen LogP contribution in [0.25, 0.3) is 0 Å². The molecule has 2 aromatic carbocycles. The van der Waals surface area contributed by atoms with E-state index in [9.17, 15) is 14.9 Å². The maximum absolute atomic E-state index is 11.7. The molecule has 0 fully saturated rings. The van der Waals surface area contributed by atoms with E-state index in [-0.39, 0.29) is 12.3 Å². The van der Waals surface area contributed by atoms with E-state index >= 15 is 0 Å². The number of benzene rings is 2. The number of aryl methyl sites for hydroxylation is 2. The lowest BCUT2D eigenvalue weighted by Gasteiger charge is -2.07. The first-order valence-electron chi connectivity index (χ1n) is 7.23. The van der Waals surface area contributed by atoms with Crippen molar-refractivity contribution >= 4 is 17.8 Å². The summed E-state index contributed by atoms with van der Waals surface area (Å²) in [6.07, 6.45) is 1.23. The summed E-state index contributed by atoms with van der Waals surface area (Å²) < 4.78 is 5.37. The van der Waals surface area contributed by atoms with Crippen molar-refractivity contribution in [3.63, 3.8) is 0 Å². The second-order valence-corrected chi connectivity index (χ2v) is 5.14. The van der Waals surface area contributed by atoms with Crippen LogP contribution in [0.2, 0.25) is 0 Å². The number of hydrogen-bond donors (Lipinski definition) is 1. The monoisotopic (exact) mass is 327 g/mol. The highest BCUT2D eigenvalue weighted by Gasteiger charge is 2.10. The molecule has 0 radical (unpaired) electrons. The Morgan fingerprint density at radius 2 is 2.00 bits per heavy atom. The van der Waals surface area contributed by atoms with Gasteiger partial charge in [-0.1, -0.05) is 18.2 Å². The molecule has 0 atom stereocenters. The van der Waals surface area contributed by atoms with E-state index < -0.39 is 10.8 Å². The Kier molecular flexibility index (Phi) is 5.62. The molecule has 0 unspecified atom stereocenters. The van der Waals surface area contributed by atoms with Crippen LogP contribution < -0.4 is 10.2 Å². The summed E-state index contributed by atoms with van der Waals surface area (Å²) in [5.74, 6) is 0.138. The fourth-order valence-electron chi connectivity index (χ4n) is 1.92. The quantitative estimate of drug-likeness (QED) is 0.501. The fourth-order valence-corrected chi connectivity index (χ4v) is 1.92. The van der Waals surface area contributed by atoms with Gasteiger partial charge < -0.3 is 4.74 Å². The number of amides is 1. The molecule has 0 bridgehead atoms. The Hall–Kier alpha value is -3.22. The van der Waals surface area contributed by atoms with Gasteiger partial charge in [0, 0.05) is 6.07 Å². The van der Waals surface area contributed by atoms with E-state index in [0.717, 1.165) is 11.1 Å². The third kappa shape index (κ3) is 4.64. The molecule has 2 aromatic rings. The van der Waals surface area contributed by atoms with Crippen LogP contribution in [-0.4, -0.2) is 23.7 Å². The summed E-state index contributed by atoms with van der Waals surface area (Å²) in [5, 5.41) is 14.6. The van der Waals surface area contributed by atoms with Crippen LogP contribution in [0.1, 0.15) is 16.7 Å². The number of hydrazone groups is 1. The zero-order valence-corrected chi connectivity index (χ0v) is 13.4. The van der Waals surface area contributed by atoms with Crippen LogP contribution in [0.3, 0.4) is 0 Å². The van der Waals surface area contributed by atoms with Crippen LogP contribution in [-0.2, 0) is 4.79 Å². The Morgan fingerprint density at radius 1 is 1.25 bits per heavy atom. The minimum Gasteiger partial charge on any atom is -0.484 e. The van der Waals surface area contributed by atoms with Crippen LogP contribution >= 0.6 is 0 Å². The van der Waals surface area contributed by atoms with Crippen LogP contribution in [0, 0.1) is 24.0 Å². The first-order chi connectivity index (χ1) is 11.5. The Morgan fingerprint density at radius 3 is 2.71 bits per heavy atom. The van der Waals surface area contributed by atoms with Gasteiger partial charge in [0.25, 0.3) is 11.6 Å². The predicted molar refractivity (Wildman–Crippen MR) is 90.2 cm³/mol. The Labute approximate surface area is 139 Å². The van der Waals surface area contributed by atoms with Crippen LogP contribution in [0.15, 0.2) is 47.6 Å². The van der Waals surface area contributed by atoms with Crippen molar-refractivity contribution in [2.24, 2.45) is 5.10 Å². The predicted octanol–water partition coefficient (Wildman–Crippen LogP) is 2.74. The molecular formula is C17H17N3O4. The molecule has 124 valence electrons. The van der Waals surface area contributed by atoms with Gasteiger partial charge in [-0.3, -0.25) is 14.9 Å². The summed E-state index contributed by atoms with van der Waals surface area (Å²) in [4.78, 5) is 22.1. The van der Waals surface area contributed by atoms with Gasteiger partial charge in [0.2, 0.25) is 0 Å². The minimum atomic E-state index is -0.508. The third-order valence-electron chi connectivity index (χ3n) is 3.37. The molecule has 0 saturated carbocycles. The second-order valence-electron chi connectivity index (χ2n) is 5.14. The minimum absolute atomic E-state index is 0.0816. The lowest BCUT2D eigenvalue weighted by Crippen LogP contribution is -2.24. The topological polar surface area (TPSA) is 93.8 Å². The van der Waals surface area contributed by atoms with Gasteiger partial charge in [0.1, 0.15) is 5.75 Å². The van der Waals surface area contributed by atoms with Crippen molar-refractivity contribution in [1.29, 1.82) is 0 Å². The largest absolute Gasteiger partial charge is 0.484 e. The van der Waals surface area contributed by atoms with E-state index in [2.05, 4.69) is 10.5 Å². The molecule has 7 heteroatoms. The molecule has 0 spiro atoms. The average molecular weight is 327 g/mol. The molecule has 0 aromatic heterocycles. The van der Waals surface area contributed by atoms with E-state index in [4.69, 9.17) is 4.74 Å². The maximum Gasteiger partial charge on any atom is 0.278 e. The van der Waals surface area contributed by atoms with Gasteiger partial charge in [-0.2, -0.15) is 5.10 Å². The number of carbonyl (C=O) groups is 1. The van der Waals surface area contributed by atoms with Crippen molar-refractivity contribution in [1.82, 2.24) is 5.43 Å². The van der Waals surface area contributed by atoms with Gasteiger partial charge in [0.15, 0.2) is 6.61 Å². The second kappa shape index (κ2) is 7.87. The van der Waals surface area contributed by atoms with Gasteiger partial charge in [-0.15, -0.1) is 0 Å². The SMILES string of the molecule is Cc1ccc(OCC(=O)N/N=C/c2ccccc2[N+](=O)[O-])cc1C. The van der Waals surface area contributed by atoms with Gasteiger partial charge >= 0.3 is 0 Å². The Balaban J connectivity index is 1.89. The van der Waals surface area contributed by atoms with E-state index in [1.807, 2.05) is 26.0 Å². The van der Waals surface area contributed by atoms with Crippen molar-refractivity contribution in [3.8, 4) is 5.75 Å². The lowest BCUT2D eigenvalue weighted by molar-refractivity contribution is -0.385. The molecule has 0 aliphatic rings. The molecule has 1 N–H and O–H groups in total. The van der Waals surface area contributed by atoms with Gasteiger partial charge in [0.05, 0.1) is 16.7 Å². The van der Waals surface area contributed by atoms with Crippen LogP contribution in [0.4, 0.5) is 5.69 Å². The highest BCUT2D eigenvalue weighted by molar-refractivity contribution is 5.86. The van der Waals surface area contributed by atoms with E-state index in [0.29, 0.717) is 11.3 Å². The number of para-hydroxylation sites is 1. The van der Waals surface area contributed by atoms with Crippen molar-refractivity contribution < 1.29 is 14.5 Å². The molecule has 24 heavy (non-hydrogen) atoms. The van der Waals surface area contributed by atoms with E-state index in [1.54, 1.807) is 24.3 Å². The summed E-state index contributed by atoms with van der Waals surface area (Å²) in [5.41, 5.74) is 4.71. The molecule has 0 saturated heterocycles. The summed E-state index contributed by atoms with van der Waals surface area (Å²) in [7, 11) is 0. The number of hydrogen-bond acceptors (Lipinski definition) is 5. The van der Waals surface area contributed by atoms with Crippen molar-refractivity contribution in [2.75, 3.05) is 6.61 Å². The number of nitrogens with zero attached hydrogens (tertiary/aromatic N) is 2. The van der Waals surface area contributed by atoms with Gasteiger partial charge in [-0.05, 0) is 43.2 Å². The smallest absolute Gasteiger partial charge is 0.278 e. The first-order valence-corrected chi connectivity index (χ1v) is 7.23. The lowest BCUT2D eigenvalue weighted by atomic mass is 10.1. The maximum atomic E-state index is 11.7. The van der Waals surface area contributed by atoms with Crippen LogP contribution in [0.5, 0.6) is 5.75 Å². The molecule has 0 aliphatic heterocycles.